The molecule has 94 valence electrons. The van der Waals surface area contributed by atoms with E-state index in [1.165, 1.54) is 0 Å². The fraction of sp³-hybridized carbons (Fsp3) is 0.462. The summed E-state index contributed by atoms with van der Waals surface area (Å²) in [7, 11) is 0. The highest BCUT2D eigenvalue weighted by molar-refractivity contribution is 6.30. The number of carbonyl (C=O) groups is 1. The maximum absolute atomic E-state index is 11.9. The Bertz CT molecular complexity index is 387. The Hall–Kier alpha value is -1.06. The first-order valence-corrected chi connectivity index (χ1v) is 6.10. The summed E-state index contributed by atoms with van der Waals surface area (Å²) in [5.74, 6) is -0.137. The molecule has 1 aromatic carbocycles. The van der Waals surface area contributed by atoms with Crippen LogP contribution in [0.2, 0.25) is 5.02 Å². The van der Waals surface area contributed by atoms with Gasteiger partial charge in [0, 0.05) is 5.02 Å². The molecule has 0 aliphatic carbocycles. The number of carbonyl (C=O) groups excluding carboxylic acids is 1. The predicted octanol–water partition coefficient (Wildman–Crippen LogP) is 2.64. The average Bonchev–Trinajstić information content (AvgIpc) is 2.29. The number of hydrogen-bond donors (Lipinski definition) is 2. The van der Waals surface area contributed by atoms with Crippen LogP contribution in [0.1, 0.15) is 38.8 Å². The molecule has 3 nitrogen and oxygen atoms in total. The summed E-state index contributed by atoms with van der Waals surface area (Å²) in [4.78, 5) is 11.9. The fourth-order valence-corrected chi connectivity index (χ4v) is 1.48. The molecule has 0 saturated heterocycles. The molecule has 0 fully saturated rings. The van der Waals surface area contributed by atoms with Crippen LogP contribution in [0, 0.1) is 0 Å². The molecule has 0 heterocycles. The van der Waals surface area contributed by atoms with Crippen LogP contribution in [-0.4, -0.2) is 11.4 Å². The zero-order chi connectivity index (χ0) is 13.1. The highest BCUT2D eigenvalue weighted by Gasteiger charge is 2.27. The second kappa shape index (κ2) is 5.52. The summed E-state index contributed by atoms with van der Waals surface area (Å²) in [6, 6.07) is 7.33. The minimum Gasteiger partial charge on any atom is -0.348 e. The van der Waals surface area contributed by atoms with Gasteiger partial charge in [0.25, 0.3) is 0 Å². The van der Waals surface area contributed by atoms with Gasteiger partial charge in [-0.3, -0.25) is 4.79 Å². The lowest BCUT2D eigenvalue weighted by Gasteiger charge is -2.24. The molecular formula is C13H19ClN2O. The van der Waals surface area contributed by atoms with Crippen LogP contribution in [0.4, 0.5) is 0 Å². The molecule has 0 spiro atoms. The Labute approximate surface area is 107 Å². The van der Waals surface area contributed by atoms with Crippen molar-refractivity contribution in [3.63, 3.8) is 0 Å². The van der Waals surface area contributed by atoms with Gasteiger partial charge in [0.1, 0.15) is 0 Å². The van der Waals surface area contributed by atoms with E-state index in [0.717, 1.165) is 5.56 Å². The highest BCUT2D eigenvalue weighted by Crippen LogP contribution is 2.17. The number of rotatable bonds is 4. The van der Waals surface area contributed by atoms with Crippen molar-refractivity contribution >= 4 is 17.5 Å². The zero-order valence-corrected chi connectivity index (χ0v) is 11.2. The third-order valence-corrected chi connectivity index (χ3v) is 3.22. The van der Waals surface area contributed by atoms with Crippen molar-refractivity contribution in [3.8, 4) is 0 Å². The molecule has 1 aromatic rings. The van der Waals surface area contributed by atoms with Crippen molar-refractivity contribution in [3.05, 3.63) is 34.9 Å². The first kappa shape index (κ1) is 14.0. The normalized spacial score (nSPS) is 16.1. The Morgan fingerprint density at radius 2 is 2.00 bits per heavy atom. The molecule has 1 amide bonds. The van der Waals surface area contributed by atoms with E-state index in [1.807, 2.05) is 26.0 Å². The molecule has 17 heavy (non-hydrogen) atoms. The smallest absolute Gasteiger partial charge is 0.240 e. The molecule has 3 N–H and O–H groups in total. The predicted molar refractivity (Wildman–Crippen MR) is 70.9 cm³/mol. The van der Waals surface area contributed by atoms with Crippen LogP contribution in [0.3, 0.4) is 0 Å². The molecule has 2 atom stereocenters. The van der Waals surface area contributed by atoms with Gasteiger partial charge in [-0.1, -0.05) is 30.7 Å². The second-order valence-corrected chi connectivity index (χ2v) is 4.95. The highest BCUT2D eigenvalue weighted by atomic mass is 35.5. The van der Waals surface area contributed by atoms with Crippen molar-refractivity contribution in [1.29, 1.82) is 0 Å². The van der Waals surface area contributed by atoms with E-state index in [1.54, 1.807) is 19.1 Å². The topological polar surface area (TPSA) is 55.1 Å². The molecule has 0 radical (unpaired) electrons. The van der Waals surface area contributed by atoms with E-state index in [4.69, 9.17) is 17.3 Å². The number of halogens is 1. The van der Waals surface area contributed by atoms with Crippen molar-refractivity contribution in [2.45, 2.75) is 38.8 Å². The molecule has 0 aliphatic heterocycles. The lowest BCUT2D eigenvalue weighted by molar-refractivity contribution is -0.126. The maximum atomic E-state index is 11.9. The van der Waals surface area contributed by atoms with Gasteiger partial charge in [0.15, 0.2) is 0 Å². The quantitative estimate of drug-likeness (QED) is 0.868. The minimum absolute atomic E-state index is 0.0748. The van der Waals surface area contributed by atoms with Crippen LogP contribution in [0.15, 0.2) is 24.3 Å². The molecule has 1 unspecified atom stereocenters. The Balaban J connectivity index is 2.70. The standard InChI is InChI=1S/C13H19ClN2O/c1-4-13(3,15)12(17)16-9(2)10-5-7-11(14)8-6-10/h5-9H,4,15H2,1-3H3,(H,16,17)/t9-,13?/m0/s1. The van der Waals surface area contributed by atoms with E-state index >= 15 is 0 Å². The van der Waals surface area contributed by atoms with Gasteiger partial charge in [0.2, 0.25) is 5.91 Å². The largest absolute Gasteiger partial charge is 0.348 e. The molecule has 1 rings (SSSR count). The molecule has 4 heteroatoms. The Morgan fingerprint density at radius 1 is 1.47 bits per heavy atom. The molecule has 0 aliphatic rings. The van der Waals surface area contributed by atoms with E-state index in [9.17, 15) is 4.79 Å². The van der Waals surface area contributed by atoms with E-state index in [-0.39, 0.29) is 11.9 Å². The molecule has 0 saturated carbocycles. The van der Waals surface area contributed by atoms with E-state index in [0.29, 0.717) is 11.4 Å². The number of amides is 1. The summed E-state index contributed by atoms with van der Waals surface area (Å²) in [6.45, 7) is 5.55. The zero-order valence-electron chi connectivity index (χ0n) is 10.5. The number of benzene rings is 1. The number of nitrogens with one attached hydrogen (secondary N) is 1. The third kappa shape index (κ3) is 3.72. The second-order valence-electron chi connectivity index (χ2n) is 4.52. The third-order valence-electron chi connectivity index (χ3n) is 2.97. The van der Waals surface area contributed by atoms with E-state index in [2.05, 4.69) is 5.32 Å². The van der Waals surface area contributed by atoms with Crippen LogP contribution < -0.4 is 11.1 Å². The van der Waals surface area contributed by atoms with Gasteiger partial charge in [-0.25, -0.2) is 0 Å². The SMILES string of the molecule is CCC(C)(N)C(=O)N[C@@H](C)c1ccc(Cl)cc1. The Morgan fingerprint density at radius 3 is 2.47 bits per heavy atom. The van der Waals surface area contributed by atoms with Crippen molar-refractivity contribution in [1.82, 2.24) is 5.32 Å². The van der Waals surface area contributed by atoms with Crippen LogP contribution in [-0.2, 0) is 4.79 Å². The lowest BCUT2D eigenvalue weighted by Crippen LogP contribution is -2.51. The van der Waals surface area contributed by atoms with Crippen molar-refractivity contribution in [2.75, 3.05) is 0 Å². The monoisotopic (exact) mass is 254 g/mol. The molecule has 0 bridgehead atoms. The first-order valence-electron chi connectivity index (χ1n) is 5.72. The molecule has 0 aromatic heterocycles. The maximum Gasteiger partial charge on any atom is 0.240 e. The summed E-state index contributed by atoms with van der Waals surface area (Å²) in [5.41, 5.74) is 6.07. The summed E-state index contributed by atoms with van der Waals surface area (Å²) >= 11 is 5.81. The van der Waals surface area contributed by atoms with Gasteiger partial charge in [-0.05, 0) is 38.0 Å². The van der Waals surface area contributed by atoms with Gasteiger partial charge in [-0.2, -0.15) is 0 Å². The Kier molecular flexibility index (Phi) is 4.54. The molecular weight excluding hydrogens is 236 g/mol. The van der Waals surface area contributed by atoms with Crippen molar-refractivity contribution < 1.29 is 4.79 Å². The van der Waals surface area contributed by atoms with Gasteiger partial charge >= 0.3 is 0 Å². The van der Waals surface area contributed by atoms with Gasteiger partial charge < -0.3 is 11.1 Å². The van der Waals surface area contributed by atoms with E-state index < -0.39 is 5.54 Å². The summed E-state index contributed by atoms with van der Waals surface area (Å²) < 4.78 is 0. The van der Waals surface area contributed by atoms with Crippen LogP contribution >= 0.6 is 11.6 Å². The first-order chi connectivity index (χ1) is 7.86. The summed E-state index contributed by atoms with van der Waals surface area (Å²) in [5, 5.41) is 3.58. The van der Waals surface area contributed by atoms with Gasteiger partial charge in [-0.15, -0.1) is 0 Å². The fourth-order valence-electron chi connectivity index (χ4n) is 1.36. The summed E-state index contributed by atoms with van der Waals surface area (Å²) in [6.07, 6.45) is 0.603. The number of hydrogen-bond acceptors (Lipinski definition) is 2. The average molecular weight is 255 g/mol. The van der Waals surface area contributed by atoms with Crippen LogP contribution in [0.5, 0.6) is 0 Å². The van der Waals surface area contributed by atoms with Crippen LogP contribution in [0.25, 0.3) is 0 Å². The minimum atomic E-state index is -0.819. The number of nitrogens with two attached hydrogens (primary N) is 1. The lowest BCUT2D eigenvalue weighted by atomic mass is 9.98. The van der Waals surface area contributed by atoms with Gasteiger partial charge in [0.05, 0.1) is 11.6 Å². The van der Waals surface area contributed by atoms with Crippen molar-refractivity contribution in [2.24, 2.45) is 5.73 Å².